The highest BCUT2D eigenvalue weighted by molar-refractivity contribution is 7.09. The zero-order chi connectivity index (χ0) is 14.8. The summed E-state index contributed by atoms with van der Waals surface area (Å²) in [5.74, 6) is 0.554. The summed E-state index contributed by atoms with van der Waals surface area (Å²) in [6.45, 7) is 2.04. The molecule has 2 aromatic heterocycles. The van der Waals surface area contributed by atoms with Crippen LogP contribution >= 0.6 is 11.3 Å². The van der Waals surface area contributed by atoms with Crippen molar-refractivity contribution in [3.63, 3.8) is 0 Å². The highest BCUT2D eigenvalue weighted by Gasteiger charge is 2.21. The third-order valence-electron chi connectivity index (χ3n) is 3.46. The fourth-order valence-corrected chi connectivity index (χ4v) is 2.94. The van der Waals surface area contributed by atoms with Gasteiger partial charge < -0.3 is 14.8 Å². The molecule has 0 fully saturated rings. The maximum atomic E-state index is 12.2. The molecule has 1 amide bonds. The van der Waals surface area contributed by atoms with Crippen LogP contribution in [-0.2, 0) is 0 Å². The van der Waals surface area contributed by atoms with Gasteiger partial charge in [0, 0.05) is 23.9 Å². The van der Waals surface area contributed by atoms with Crippen LogP contribution < -0.4 is 5.32 Å². The van der Waals surface area contributed by atoms with E-state index in [2.05, 4.69) is 10.3 Å². The van der Waals surface area contributed by atoms with E-state index in [9.17, 15) is 4.79 Å². The van der Waals surface area contributed by atoms with E-state index < -0.39 is 0 Å². The van der Waals surface area contributed by atoms with Crippen LogP contribution in [0.15, 0.2) is 34.3 Å². The van der Waals surface area contributed by atoms with Crippen LogP contribution in [0.1, 0.15) is 21.8 Å². The number of carbonyl (C=O) groups excluding carboxylic acids is 1. The minimum Gasteiger partial charge on any atom is -0.462 e. The molecule has 0 saturated heterocycles. The van der Waals surface area contributed by atoms with Crippen molar-refractivity contribution in [3.8, 4) is 11.5 Å². The molecule has 1 aliphatic rings. The molecule has 21 heavy (non-hydrogen) atoms. The van der Waals surface area contributed by atoms with Gasteiger partial charge in [0.2, 0.25) is 0 Å². The zero-order valence-corrected chi connectivity index (χ0v) is 12.4. The van der Waals surface area contributed by atoms with Crippen molar-refractivity contribution in [3.05, 3.63) is 40.4 Å². The number of thiazole rings is 1. The summed E-state index contributed by atoms with van der Waals surface area (Å²) in [5, 5.41) is 14.9. The Morgan fingerprint density at radius 3 is 3.10 bits per heavy atom. The molecule has 6 heteroatoms. The number of nitrogens with one attached hydrogen (secondary N) is 1. The molecule has 2 atom stereocenters. The van der Waals surface area contributed by atoms with E-state index in [0.717, 1.165) is 17.1 Å². The van der Waals surface area contributed by atoms with E-state index in [1.165, 1.54) is 6.26 Å². The van der Waals surface area contributed by atoms with Gasteiger partial charge in [-0.2, -0.15) is 0 Å². The van der Waals surface area contributed by atoms with E-state index in [1.807, 2.05) is 24.5 Å². The predicted octanol–water partition coefficient (Wildman–Crippen LogP) is 2.38. The van der Waals surface area contributed by atoms with Gasteiger partial charge in [0.1, 0.15) is 12.0 Å². The molecule has 0 unspecified atom stereocenters. The van der Waals surface area contributed by atoms with Crippen LogP contribution in [0.25, 0.3) is 11.5 Å². The molecule has 2 heterocycles. The molecule has 110 valence electrons. The number of nitrogens with zero attached hydrogens (tertiary/aromatic N) is 1. The molecule has 0 aliphatic heterocycles. The minimum absolute atomic E-state index is 0.0329. The number of rotatable bonds is 4. The van der Waals surface area contributed by atoms with Gasteiger partial charge in [0.05, 0.1) is 10.6 Å². The first-order chi connectivity index (χ1) is 10.2. The normalized spacial score (nSPS) is 20.9. The molecule has 1 aliphatic carbocycles. The summed E-state index contributed by atoms with van der Waals surface area (Å²) in [7, 11) is 0. The van der Waals surface area contributed by atoms with Gasteiger partial charge in [-0.05, 0) is 19.4 Å². The second-order valence-corrected chi connectivity index (χ2v) is 6.16. The Kier molecular flexibility index (Phi) is 3.90. The first-order valence-electron chi connectivity index (χ1n) is 6.77. The monoisotopic (exact) mass is 304 g/mol. The van der Waals surface area contributed by atoms with Gasteiger partial charge in [-0.25, -0.2) is 4.98 Å². The molecule has 0 radical (unpaired) electrons. The van der Waals surface area contributed by atoms with Crippen molar-refractivity contribution in [2.24, 2.45) is 5.92 Å². The maximum absolute atomic E-state index is 12.2. The number of aliphatic hydroxyl groups excluding tert-OH is 1. The lowest BCUT2D eigenvalue weighted by Gasteiger charge is -2.11. The fraction of sp³-hybridized carbons (Fsp3) is 0.333. The number of amides is 1. The smallest absolute Gasteiger partial charge is 0.255 e. The Bertz CT molecular complexity index is 674. The van der Waals surface area contributed by atoms with Gasteiger partial charge in [-0.3, -0.25) is 4.79 Å². The lowest BCUT2D eigenvalue weighted by Crippen LogP contribution is -2.32. The molecular formula is C15H16N2O3S. The number of carbonyl (C=O) groups is 1. The number of furan rings is 1. The van der Waals surface area contributed by atoms with Crippen LogP contribution in [0.4, 0.5) is 0 Å². The van der Waals surface area contributed by atoms with Crippen LogP contribution in [0.2, 0.25) is 0 Å². The van der Waals surface area contributed by atoms with Crippen molar-refractivity contribution in [2.45, 2.75) is 19.4 Å². The molecule has 3 rings (SSSR count). The number of aliphatic hydroxyl groups is 1. The Labute approximate surface area is 126 Å². The number of hydrogen-bond donors (Lipinski definition) is 2. The lowest BCUT2D eigenvalue weighted by atomic mass is 10.1. The molecule has 5 nitrogen and oxygen atoms in total. The van der Waals surface area contributed by atoms with Crippen molar-refractivity contribution < 1.29 is 14.3 Å². The van der Waals surface area contributed by atoms with E-state index in [0.29, 0.717) is 11.3 Å². The topological polar surface area (TPSA) is 75.4 Å². The van der Waals surface area contributed by atoms with Crippen molar-refractivity contribution in [1.82, 2.24) is 10.3 Å². The first-order valence-corrected chi connectivity index (χ1v) is 7.64. The van der Waals surface area contributed by atoms with E-state index >= 15 is 0 Å². The Morgan fingerprint density at radius 1 is 1.57 bits per heavy atom. The Morgan fingerprint density at radius 2 is 2.43 bits per heavy atom. The van der Waals surface area contributed by atoms with Gasteiger partial charge in [-0.15, -0.1) is 11.3 Å². The number of hydrogen-bond acceptors (Lipinski definition) is 5. The van der Waals surface area contributed by atoms with E-state index in [-0.39, 0.29) is 24.5 Å². The summed E-state index contributed by atoms with van der Waals surface area (Å²) >= 11 is 1.54. The maximum Gasteiger partial charge on any atom is 0.255 e. The third kappa shape index (κ3) is 3.06. The molecular weight excluding hydrogens is 288 g/mol. The van der Waals surface area contributed by atoms with Crippen LogP contribution in [0.5, 0.6) is 0 Å². The standard InChI is InChI=1S/C15H16N2O3S/c1-9-16-13(8-21-9)14-5-11(7-20-14)15(19)17-12-3-2-10(4-12)6-18/h2-3,5,7-8,10,12,18H,4,6H2,1H3,(H,17,19)/t10-,12+/m0/s1. The second kappa shape index (κ2) is 5.83. The number of aryl methyl sites for hydroxylation is 1. The average Bonchev–Trinajstić information content (AvgIpc) is 3.17. The quantitative estimate of drug-likeness (QED) is 0.850. The number of aromatic nitrogens is 1. The molecule has 0 aromatic carbocycles. The largest absolute Gasteiger partial charge is 0.462 e. The first kappa shape index (κ1) is 14.0. The van der Waals surface area contributed by atoms with Gasteiger partial charge in [0.25, 0.3) is 5.91 Å². The second-order valence-electron chi connectivity index (χ2n) is 5.09. The third-order valence-corrected chi connectivity index (χ3v) is 4.23. The van der Waals surface area contributed by atoms with Crippen LogP contribution in [0.3, 0.4) is 0 Å². The molecule has 2 N–H and O–H groups in total. The van der Waals surface area contributed by atoms with Gasteiger partial charge in [-0.1, -0.05) is 12.2 Å². The minimum atomic E-state index is -0.176. The average molecular weight is 304 g/mol. The van der Waals surface area contributed by atoms with Gasteiger partial charge >= 0.3 is 0 Å². The fourth-order valence-electron chi connectivity index (χ4n) is 2.33. The van der Waals surface area contributed by atoms with Crippen molar-refractivity contribution in [2.75, 3.05) is 6.61 Å². The van der Waals surface area contributed by atoms with E-state index in [4.69, 9.17) is 9.52 Å². The lowest BCUT2D eigenvalue weighted by molar-refractivity contribution is 0.0940. The molecule has 2 aromatic rings. The van der Waals surface area contributed by atoms with Gasteiger partial charge in [0.15, 0.2) is 5.76 Å². The highest BCUT2D eigenvalue weighted by Crippen LogP contribution is 2.24. The Balaban J connectivity index is 1.66. The predicted molar refractivity (Wildman–Crippen MR) is 80.1 cm³/mol. The molecule has 0 saturated carbocycles. The van der Waals surface area contributed by atoms with Crippen molar-refractivity contribution in [1.29, 1.82) is 0 Å². The van der Waals surface area contributed by atoms with Crippen LogP contribution in [0, 0.1) is 12.8 Å². The molecule has 0 spiro atoms. The SMILES string of the molecule is Cc1nc(-c2cc(C(=O)N[C@@H]3C=C[C@H](CO)C3)co2)cs1. The summed E-state index contributed by atoms with van der Waals surface area (Å²) in [5.41, 5.74) is 1.23. The zero-order valence-electron chi connectivity index (χ0n) is 11.6. The summed E-state index contributed by atoms with van der Waals surface area (Å²) in [4.78, 5) is 16.5. The Hall–Kier alpha value is -1.92. The summed E-state index contributed by atoms with van der Waals surface area (Å²) in [6, 6.07) is 1.67. The van der Waals surface area contributed by atoms with Crippen molar-refractivity contribution >= 4 is 17.2 Å². The highest BCUT2D eigenvalue weighted by atomic mass is 32.1. The summed E-state index contributed by atoms with van der Waals surface area (Å²) < 4.78 is 5.42. The molecule has 0 bridgehead atoms. The summed E-state index contributed by atoms with van der Waals surface area (Å²) in [6.07, 6.45) is 6.03. The van der Waals surface area contributed by atoms with Crippen LogP contribution in [-0.4, -0.2) is 28.6 Å². The van der Waals surface area contributed by atoms with E-state index in [1.54, 1.807) is 17.4 Å².